The van der Waals surface area contributed by atoms with Gasteiger partial charge in [0.15, 0.2) is 0 Å². The Morgan fingerprint density at radius 3 is 2.56 bits per heavy atom. The molecule has 0 radical (unpaired) electrons. The van der Waals surface area contributed by atoms with Gasteiger partial charge in [-0.2, -0.15) is 0 Å². The summed E-state index contributed by atoms with van der Waals surface area (Å²) in [4.78, 5) is 38.9. The number of carbonyl (C=O) groups is 2. The van der Waals surface area contributed by atoms with Crippen LogP contribution < -0.4 is 0 Å². The van der Waals surface area contributed by atoms with Crippen LogP contribution in [0.3, 0.4) is 0 Å². The van der Waals surface area contributed by atoms with E-state index in [4.69, 9.17) is 19.3 Å². The second-order valence-corrected chi connectivity index (χ2v) is 5.38. The molecule has 0 fully saturated rings. The van der Waals surface area contributed by atoms with Crippen LogP contribution in [0.2, 0.25) is 0 Å². The van der Waals surface area contributed by atoms with E-state index in [-0.39, 0.29) is 13.0 Å². The lowest BCUT2D eigenvalue weighted by atomic mass is 10.3. The Balaban J connectivity index is 3.71. The van der Waals surface area contributed by atoms with Gasteiger partial charge in [0, 0.05) is 12.5 Å². The largest absolute Gasteiger partial charge is 0.466 e. The molecule has 104 valence electrons. The second-order valence-electron chi connectivity index (χ2n) is 3.60. The highest BCUT2D eigenvalue weighted by Gasteiger charge is 2.16. The topological polar surface area (TPSA) is 110 Å². The highest BCUT2D eigenvalue weighted by atomic mass is 31.2. The van der Waals surface area contributed by atoms with E-state index >= 15 is 0 Å². The Bertz CT molecular complexity index is 346. The predicted octanol–water partition coefficient (Wildman–Crippen LogP) is 0.605. The Kier molecular flexibility index (Phi) is 7.50. The van der Waals surface area contributed by atoms with Crippen LogP contribution in [0.4, 0.5) is 0 Å². The van der Waals surface area contributed by atoms with Gasteiger partial charge in [-0.3, -0.25) is 9.36 Å². The van der Waals surface area contributed by atoms with Gasteiger partial charge in [-0.25, -0.2) is 4.79 Å². The van der Waals surface area contributed by atoms with Crippen LogP contribution in [0.15, 0.2) is 12.7 Å². The van der Waals surface area contributed by atoms with Gasteiger partial charge in [0.05, 0.1) is 19.2 Å². The molecule has 8 heteroatoms. The van der Waals surface area contributed by atoms with E-state index in [0.717, 1.165) is 6.08 Å². The third kappa shape index (κ3) is 10.0. The summed E-state index contributed by atoms with van der Waals surface area (Å²) in [7, 11) is -4.18. The minimum atomic E-state index is -4.18. The number of rotatable bonds is 8. The molecule has 0 aliphatic rings. The summed E-state index contributed by atoms with van der Waals surface area (Å²) >= 11 is 0. The first-order valence-corrected chi connectivity index (χ1v) is 7.07. The fourth-order valence-electron chi connectivity index (χ4n) is 0.953. The van der Waals surface area contributed by atoms with Gasteiger partial charge >= 0.3 is 19.5 Å². The van der Waals surface area contributed by atoms with Crippen LogP contribution in [0.5, 0.6) is 0 Å². The molecule has 0 aliphatic heterocycles. The van der Waals surface area contributed by atoms with Crippen LogP contribution in [-0.4, -0.2) is 40.6 Å². The number of hydrogen-bond acceptors (Lipinski definition) is 5. The van der Waals surface area contributed by atoms with E-state index in [0.29, 0.717) is 6.42 Å². The first-order valence-electron chi connectivity index (χ1n) is 5.28. The maximum atomic E-state index is 11.1. The molecule has 7 nitrogen and oxygen atoms in total. The van der Waals surface area contributed by atoms with Gasteiger partial charge in [-0.05, 0) is 6.92 Å². The molecular formula is C10H17O7P. The zero-order valence-electron chi connectivity index (χ0n) is 10.1. The average molecular weight is 280 g/mol. The van der Waals surface area contributed by atoms with Crippen molar-refractivity contribution in [1.29, 1.82) is 0 Å². The monoisotopic (exact) mass is 280 g/mol. The summed E-state index contributed by atoms with van der Waals surface area (Å²) in [5.41, 5.74) is 0. The minimum absolute atomic E-state index is 0.0194. The maximum absolute atomic E-state index is 11.1. The molecule has 18 heavy (non-hydrogen) atoms. The fourth-order valence-corrected chi connectivity index (χ4v) is 1.43. The van der Waals surface area contributed by atoms with Gasteiger partial charge < -0.3 is 19.3 Å². The summed E-state index contributed by atoms with van der Waals surface area (Å²) in [5, 5.41) is 0. The van der Waals surface area contributed by atoms with Gasteiger partial charge in [-0.1, -0.05) is 6.58 Å². The first kappa shape index (κ1) is 16.8. The van der Waals surface area contributed by atoms with Crippen molar-refractivity contribution in [2.45, 2.75) is 25.9 Å². The highest BCUT2D eigenvalue weighted by Crippen LogP contribution is 2.34. The van der Waals surface area contributed by atoms with E-state index in [1.807, 2.05) is 0 Å². The van der Waals surface area contributed by atoms with Crippen molar-refractivity contribution in [3.8, 4) is 0 Å². The summed E-state index contributed by atoms with van der Waals surface area (Å²) < 4.78 is 20.0. The lowest BCUT2D eigenvalue weighted by molar-refractivity contribution is -0.146. The predicted molar refractivity (Wildman–Crippen MR) is 62.9 cm³/mol. The molecule has 1 unspecified atom stereocenters. The molecule has 2 N–H and O–H groups in total. The number of carbonyl (C=O) groups excluding carboxylic acids is 2. The molecule has 0 rings (SSSR count). The van der Waals surface area contributed by atoms with Crippen molar-refractivity contribution in [2.75, 3.05) is 12.8 Å². The minimum Gasteiger partial charge on any atom is -0.466 e. The smallest absolute Gasteiger partial charge is 0.330 e. The van der Waals surface area contributed by atoms with Crippen molar-refractivity contribution in [1.82, 2.24) is 0 Å². The Hall–Kier alpha value is -1.17. The zero-order chi connectivity index (χ0) is 14.2. The molecule has 0 aliphatic carbocycles. The van der Waals surface area contributed by atoms with E-state index in [1.165, 1.54) is 0 Å². The van der Waals surface area contributed by atoms with Gasteiger partial charge in [0.25, 0.3) is 0 Å². The third-order valence-electron chi connectivity index (χ3n) is 1.88. The van der Waals surface area contributed by atoms with Crippen LogP contribution in [0.1, 0.15) is 19.8 Å². The van der Waals surface area contributed by atoms with Gasteiger partial charge in [0.1, 0.15) is 6.10 Å². The van der Waals surface area contributed by atoms with Crippen molar-refractivity contribution < 1.29 is 33.4 Å². The van der Waals surface area contributed by atoms with Crippen molar-refractivity contribution in [3.05, 3.63) is 12.7 Å². The molecule has 0 bridgehead atoms. The molecule has 0 spiro atoms. The molecule has 0 aromatic carbocycles. The van der Waals surface area contributed by atoms with E-state index in [2.05, 4.69) is 6.58 Å². The van der Waals surface area contributed by atoms with Crippen LogP contribution in [0.25, 0.3) is 0 Å². The summed E-state index contributed by atoms with van der Waals surface area (Å²) in [6, 6.07) is 0. The zero-order valence-corrected chi connectivity index (χ0v) is 11.0. The molecular weight excluding hydrogens is 263 g/mol. The molecule has 0 aromatic heterocycles. The van der Waals surface area contributed by atoms with Crippen LogP contribution >= 0.6 is 7.60 Å². The van der Waals surface area contributed by atoms with Crippen LogP contribution in [-0.2, 0) is 23.6 Å². The SMILES string of the molecule is C=CC(=O)OC(C)CCOC(=O)CCP(=O)(O)O. The standard InChI is InChI=1S/C10H17O7P/c1-3-9(11)17-8(2)4-6-16-10(12)5-7-18(13,14)15/h3,8H,1,4-7H2,2H3,(H2,13,14,15). The number of hydrogen-bond donors (Lipinski definition) is 2. The first-order chi connectivity index (χ1) is 8.24. The Morgan fingerprint density at radius 2 is 2.06 bits per heavy atom. The average Bonchev–Trinajstić information content (AvgIpc) is 2.25. The van der Waals surface area contributed by atoms with Crippen LogP contribution in [0, 0.1) is 0 Å². The Morgan fingerprint density at radius 1 is 1.44 bits per heavy atom. The van der Waals surface area contributed by atoms with Crippen molar-refractivity contribution >= 4 is 19.5 Å². The maximum Gasteiger partial charge on any atom is 0.330 e. The van der Waals surface area contributed by atoms with Crippen molar-refractivity contribution in [3.63, 3.8) is 0 Å². The number of esters is 2. The second kappa shape index (κ2) is 8.02. The highest BCUT2D eigenvalue weighted by molar-refractivity contribution is 7.51. The van der Waals surface area contributed by atoms with E-state index < -0.39 is 31.8 Å². The van der Waals surface area contributed by atoms with E-state index in [1.54, 1.807) is 6.92 Å². The lowest BCUT2D eigenvalue weighted by Gasteiger charge is -2.12. The van der Waals surface area contributed by atoms with Crippen molar-refractivity contribution in [2.24, 2.45) is 0 Å². The summed E-state index contributed by atoms with van der Waals surface area (Å²) in [6.45, 7) is 4.89. The molecule has 0 saturated carbocycles. The third-order valence-corrected chi connectivity index (χ3v) is 2.68. The number of ether oxygens (including phenoxy) is 2. The van der Waals surface area contributed by atoms with Gasteiger partial charge in [-0.15, -0.1) is 0 Å². The lowest BCUT2D eigenvalue weighted by Crippen LogP contribution is -2.17. The molecule has 1 atom stereocenters. The molecule has 0 heterocycles. The quantitative estimate of drug-likeness (QED) is 0.380. The van der Waals surface area contributed by atoms with Gasteiger partial charge in [0.2, 0.25) is 0 Å². The summed E-state index contributed by atoms with van der Waals surface area (Å²) in [6.07, 6.45) is 0.0342. The normalized spacial score (nSPS) is 12.6. The molecule has 0 aromatic rings. The fraction of sp³-hybridized carbons (Fsp3) is 0.600. The Labute approximate surface area is 105 Å². The van der Waals surface area contributed by atoms with E-state index in [9.17, 15) is 14.2 Å². The summed E-state index contributed by atoms with van der Waals surface area (Å²) in [5.74, 6) is -1.25. The molecule has 0 amide bonds. The molecule has 0 saturated heterocycles.